The molecule has 2 aromatic carbocycles. The second-order valence-corrected chi connectivity index (χ2v) is 7.16. The van der Waals surface area contributed by atoms with Crippen molar-refractivity contribution in [2.24, 2.45) is 0 Å². The Morgan fingerprint density at radius 3 is 2.77 bits per heavy atom. The number of nitrogens with zero attached hydrogens (tertiary/aromatic N) is 2. The van der Waals surface area contributed by atoms with E-state index in [-0.39, 0.29) is 6.42 Å². The topological polar surface area (TPSA) is 67.2 Å². The highest BCUT2D eigenvalue weighted by Crippen LogP contribution is 2.25. The number of rotatable bonds is 8. The van der Waals surface area contributed by atoms with Gasteiger partial charge < -0.3 is 19.2 Å². The molecule has 1 aromatic heterocycles. The number of aliphatic carboxylic acids is 1. The first kappa shape index (κ1) is 18.3. The molecular formula is C20H21N2O3S-. The number of hydrogen-bond acceptors (Lipinski definition) is 5. The molecule has 3 rings (SSSR count). The molecule has 0 saturated carbocycles. The molecule has 0 aliphatic carbocycles. The molecule has 0 N–H and O–H groups in total. The van der Waals surface area contributed by atoms with Gasteiger partial charge in [0.25, 0.3) is 0 Å². The lowest BCUT2D eigenvalue weighted by Crippen LogP contribution is -2.23. The minimum Gasteiger partial charge on any atom is -0.550 e. The number of aryl methyl sites for hydroxylation is 3. The van der Waals surface area contributed by atoms with Gasteiger partial charge in [-0.15, -0.1) is 0 Å². The van der Waals surface area contributed by atoms with E-state index in [1.165, 1.54) is 11.1 Å². The molecule has 0 aliphatic rings. The number of carbonyl (C=O) groups excluding carboxylic acids is 1. The molecule has 0 bridgehead atoms. The Balaban J connectivity index is 1.65. The van der Waals surface area contributed by atoms with E-state index in [0.717, 1.165) is 27.7 Å². The lowest BCUT2D eigenvalue weighted by atomic mass is 10.1. The third-order valence-corrected chi connectivity index (χ3v) is 5.16. The first-order valence-electron chi connectivity index (χ1n) is 8.52. The largest absolute Gasteiger partial charge is 0.550 e. The van der Waals surface area contributed by atoms with E-state index < -0.39 is 5.97 Å². The molecule has 0 fully saturated rings. The lowest BCUT2D eigenvalue weighted by Gasteiger charge is -2.10. The molecule has 0 atom stereocenters. The van der Waals surface area contributed by atoms with Crippen LogP contribution >= 0.6 is 11.8 Å². The van der Waals surface area contributed by atoms with Gasteiger partial charge in [0.05, 0.1) is 17.6 Å². The van der Waals surface area contributed by atoms with E-state index in [2.05, 4.69) is 24.9 Å². The van der Waals surface area contributed by atoms with Crippen molar-refractivity contribution in [2.75, 3.05) is 12.4 Å². The summed E-state index contributed by atoms with van der Waals surface area (Å²) in [7, 11) is 0. The fourth-order valence-electron chi connectivity index (χ4n) is 2.68. The van der Waals surface area contributed by atoms with Crippen LogP contribution in [-0.2, 0) is 11.3 Å². The number of thioether (sulfide) groups is 1. The van der Waals surface area contributed by atoms with Gasteiger partial charge in [-0.25, -0.2) is 4.98 Å². The molecule has 0 unspecified atom stereocenters. The molecule has 0 amide bonds. The van der Waals surface area contributed by atoms with Gasteiger partial charge >= 0.3 is 0 Å². The molecule has 26 heavy (non-hydrogen) atoms. The number of hydrogen-bond donors (Lipinski definition) is 0. The van der Waals surface area contributed by atoms with Crippen LogP contribution in [0.1, 0.15) is 17.5 Å². The summed E-state index contributed by atoms with van der Waals surface area (Å²) in [6.07, 6.45) is -0.0347. The van der Waals surface area contributed by atoms with Gasteiger partial charge in [-0.2, -0.15) is 0 Å². The minimum atomic E-state index is -1.06. The second kappa shape index (κ2) is 8.27. The predicted octanol–water partition coefficient (Wildman–Crippen LogP) is 2.96. The fraction of sp³-hybridized carbons (Fsp3) is 0.300. The summed E-state index contributed by atoms with van der Waals surface area (Å²) in [6.45, 7) is 5.04. The third kappa shape index (κ3) is 4.38. The van der Waals surface area contributed by atoms with Crippen molar-refractivity contribution >= 4 is 28.8 Å². The molecule has 136 valence electrons. The van der Waals surface area contributed by atoms with Crippen molar-refractivity contribution in [3.8, 4) is 5.75 Å². The maximum absolute atomic E-state index is 10.8. The Kier molecular flexibility index (Phi) is 5.83. The zero-order valence-electron chi connectivity index (χ0n) is 14.9. The highest BCUT2D eigenvalue weighted by molar-refractivity contribution is 7.99. The van der Waals surface area contributed by atoms with Crippen LogP contribution < -0.4 is 9.84 Å². The number of fused-ring (bicyclic) bond motifs is 1. The number of aromatic nitrogens is 2. The molecule has 0 spiro atoms. The average Bonchev–Trinajstić information content (AvgIpc) is 2.97. The molecule has 6 heteroatoms. The van der Waals surface area contributed by atoms with Crippen LogP contribution in [0.15, 0.2) is 47.6 Å². The van der Waals surface area contributed by atoms with Gasteiger partial charge in [0.15, 0.2) is 5.16 Å². The fourth-order valence-corrected chi connectivity index (χ4v) is 3.54. The zero-order valence-corrected chi connectivity index (χ0v) is 15.7. The summed E-state index contributed by atoms with van der Waals surface area (Å²) in [4.78, 5) is 15.5. The monoisotopic (exact) mass is 369 g/mol. The first-order valence-corrected chi connectivity index (χ1v) is 9.51. The van der Waals surface area contributed by atoms with E-state index >= 15 is 0 Å². The van der Waals surface area contributed by atoms with E-state index in [0.29, 0.717) is 13.2 Å². The van der Waals surface area contributed by atoms with Crippen molar-refractivity contribution in [3.05, 3.63) is 53.6 Å². The van der Waals surface area contributed by atoms with Gasteiger partial charge in [0, 0.05) is 24.7 Å². The van der Waals surface area contributed by atoms with Crippen molar-refractivity contribution in [3.63, 3.8) is 0 Å². The molecule has 1 heterocycles. The van der Waals surface area contributed by atoms with E-state index in [4.69, 9.17) is 4.74 Å². The molecule has 0 aliphatic heterocycles. The highest BCUT2D eigenvalue weighted by atomic mass is 32.2. The Morgan fingerprint density at radius 1 is 1.19 bits per heavy atom. The standard InChI is InChI=1S/C20H22N2O3S/c1-14-7-8-16(13-15(14)2)25-11-12-26-20-21-17-5-3-4-6-18(17)22(20)10-9-19(23)24/h3-8,13H,9-12H2,1-2H3,(H,23,24)/p-1. The number of carboxylic acid groups (broad SMARTS) is 1. The number of carbonyl (C=O) groups is 1. The van der Waals surface area contributed by atoms with Crippen LogP contribution in [0.4, 0.5) is 0 Å². The van der Waals surface area contributed by atoms with Gasteiger partial charge in [0.1, 0.15) is 5.75 Å². The molecule has 0 saturated heterocycles. The smallest absolute Gasteiger partial charge is 0.169 e. The molecule has 3 aromatic rings. The Bertz CT molecular complexity index is 921. The molecule has 0 radical (unpaired) electrons. The number of para-hydroxylation sites is 2. The first-order chi connectivity index (χ1) is 12.5. The zero-order chi connectivity index (χ0) is 18.5. The van der Waals surface area contributed by atoms with E-state index in [9.17, 15) is 9.90 Å². The number of ether oxygens (including phenoxy) is 1. The molecular weight excluding hydrogens is 348 g/mol. The third-order valence-electron chi connectivity index (χ3n) is 4.22. The van der Waals surface area contributed by atoms with Crippen molar-refractivity contribution in [2.45, 2.75) is 32.0 Å². The maximum atomic E-state index is 10.8. The van der Waals surface area contributed by atoms with Crippen LogP contribution in [-0.4, -0.2) is 27.9 Å². The van der Waals surface area contributed by atoms with Crippen LogP contribution in [0.3, 0.4) is 0 Å². The maximum Gasteiger partial charge on any atom is 0.169 e. The molecule has 5 nitrogen and oxygen atoms in total. The quantitative estimate of drug-likeness (QED) is 0.451. The van der Waals surface area contributed by atoms with Gasteiger partial charge in [-0.3, -0.25) is 0 Å². The summed E-state index contributed by atoms with van der Waals surface area (Å²) in [6, 6.07) is 13.8. The Labute approximate surface area is 157 Å². The lowest BCUT2D eigenvalue weighted by molar-refractivity contribution is -0.305. The average molecular weight is 369 g/mol. The summed E-state index contributed by atoms with van der Waals surface area (Å²) in [5.41, 5.74) is 4.25. The number of carboxylic acids is 1. The van der Waals surface area contributed by atoms with Crippen molar-refractivity contribution < 1.29 is 14.6 Å². The second-order valence-electron chi connectivity index (χ2n) is 6.10. The van der Waals surface area contributed by atoms with Crippen LogP contribution in [0, 0.1) is 13.8 Å². The summed E-state index contributed by atoms with van der Waals surface area (Å²) in [5.74, 6) is 0.526. The van der Waals surface area contributed by atoms with Gasteiger partial charge in [-0.1, -0.05) is 30.0 Å². The van der Waals surface area contributed by atoms with Crippen LogP contribution in [0.25, 0.3) is 11.0 Å². The van der Waals surface area contributed by atoms with Crippen molar-refractivity contribution in [1.29, 1.82) is 0 Å². The van der Waals surface area contributed by atoms with Gasteiger partial charge in [-0.05, 0) is 49.2 Å². The van der Waals surface area contributed by atoms with Crippen LogP contribution in [0.5, 0.6) is 5.75 Å². The van der Waals surface area contributed by atoms with E-state index in [1.807, 2.05) is 41.0 Å². The number of imidazole rings is 1. The normalized spacial score (nSPS) is 11.0. The van der Waals surface area contributed by atoms with Crippen molar-refractivity contribution in [1.82, 2.24) is 9.55 Å². The van der Waals surface area contributed by atoms with Crippen LogP contribution in [0.2, 0.25) is 0 Å². The minimum absolute atomic E-state index is 0.0347. The van der Waals surface area contributed by atoms with Gasteiger partial charge in [0.2, 0.25) is 0 Å². The van der Waals surface area contributed by atoms with E-state index in [1.54, 1.807) is 11.8 Å². The SMILES string of the molecule is Cc1ccc(OCCSc2nc3ccccc3n2CCC(=O)[O-])cc1C. The highest BCUT2D eigenvalue weighted by Gasteiger charge is 2.11. The summed E-state index contributed by atoms with van der Waals surface area (Å²) >= 11 is 1.56. The summed E-state index contributed by atoms with van der Waals surface area (Å²) < 4.78 is 7.75. The Morgan fingerprint density at radius 2 is 2.00 bits per heavy atom. The Hall–Kier alpha value is -2.47. The number of benzene rings is 2. The summed E-state index contributed by atoms with van der Waals surface area (Å²) in [5, 5.41) is 11.6. The predicted molar refractivity (Wildman–Crippen MR) is 101 cm³/mol.